The maximum Gasteiger partial charge on any atom is 0.317 e. The fourth-order valence-electron chi connectivity index (χ4n) is 1.25. The van der Waals surface area contributed by atoms with Gasteiger partial charge in [-0.15, -0.1) is 0 Å². The molecule has 0 saturated heterocycles. The van der Waals surface area contributed by atoms with E-state index in [1.165, 1.54) is 6.07 Å². The monoisotopic (exact) mass is 256 g/mol. The average Bonchev–Trinajstić information content (AvgIpc) is 2.24. The second-order valence-electron chi connectivity index (χ2n) is 3.98. The fourth-order valence-corrected chi connectivity index (χ4v) is 2.10. The highest BCUT2D eigenvalue weighted by Crippen LogP contribution is 2.22. The maximum absolute atomic E-state index is 11.4. The lowest BCUT2D eigenvalue weighted by Gasteiger charge is -2.10. The number of nitrogens with zero attached hydrogens (tertiary/aromatic N) is 1. The molecule has 0 radical (unpaired) electrons. The normalized spacial score (nSPS) is 12.7. The Kier molecular flexibility index (Phi) is 4.74. The zero-order valence-electron chi connectivity index (χ0n) is 10.1. The zero-order valence-corrected chi connectivity index (χ0v) is 10.9. The van der Waals surface area contributed by atoms with E-state index in [1.807, 2.05) is 13.8 Å². The van der Waals surface area contributed by atoms with Crippen molar-refractivity contribution in [3.63, 3.8) is 0 Å². The van der Waals surface area contributed by atoms with Crippen molar-refractivity contribution in [1.82, 2.24) is 9.97 Å². The number of H-pyrrole nitrogens is 1. The van der Waals surface area contributed by atoms with Crippen LogP contribution in [0.3, 0.4) is 0 Å². The minimum Gasteiger partial charge on any atom is -0.480 e. The van der Waals surface area contributed by atoms with Crippen molar-refractivity contribution in [2.24, 2.45) is 0 Å². The standard InChI is InChI=1S/C11H16N2O3S/c1-4-8(10(15)16)17-11-12-7(6(2)3)5-9(14)13-11/h5-6,8H,4H2,1-3H3,(H,15,16)(H,12,13,14). The second kappa shape index (κ2) is 5.86. The second-order valence-corrected chi connectivity index (χ2v) is 5.17. The summed E-state index contributed by atoms with van der Waals surface area (Å²) in [6.07, 6.45) is 0.482. The third kappa shape index (κ3) is 3.89. The molecule has 0 aromatic carbocycles. The third-order valence-corrected chi connectivity index (χ3v) is 3.47. The first kappa shape index (κ1) is 13.8. The van der Waals surface area contributed by atoms with Crippen molar-refractivity contribution < 1.29 is 9.90 Å². The van der Waals surface area contributed by atoms with Gasteiger partial charge in [0, 0.05) is 6.07 Å². The number of carbonyl (C=O) groups is 1. The lowest BCUT2D eigenvalue weighted by atomic mass is 10.1. The lowest BCUT2D eigenvalue weighted by Crippen LogP contribution is -2.18. The van der Waals surface area contributed by atoms with Gasteiger partial charge in [-0.25, -0.2) is 4.98 Å². The van der Waals surface area contributed by atoms with E-state index in [0.717, 1.165) is 11.8 Å². The highest BCUT2D eigenvalue weighted by atomic mass is 32.2. The smallest absolute Gasteiger partial charge is 0.317 e. The molecule has 1 heterocycles. The van der Waals surface area contributed by atoms with E-state index in [1.54, 1.807) is 6.92 Å². The Labute approximate surface area is 104 Å². The van der Waals surface area contributed by atoms with Crippen LogP contribution < -0.4 is 5.56 Å². The molecule has 1 atom stereocenters. The molecule has 17 heavy (non-hydrogen) atoms. The van der Waals surface area contributed by atoms with Gasteiger partial charge in [-0.3, -0.25) is 9.59 Å². The van der Waals surface area contributed by atoms with Gasteiger partial charge in [0.05, 0.1) is 5.69 Å². The van der Waals surface area contributed by atoms with Gasteiger partial charge in [-0.1, -0.05) is 32.5 Å². The molecule has 5 nitrogen and oxygen atoms in total. The number of hydrogen-bond acceptors (Lipinski definition) is 4. The highest BCUT2D eigenvalue weighted by Gasteiger charge is 2.18. The Balaban J connectivity index is 2.98. The van der Waals surface area contributed by atoms with Crippen molar-refractivity contribution in [1.29, 1.82) is 0 Å². The van der Waals surface area contributed by atoms with E-state index in [4.69, 9.17) is 5.11 Å². The molecule has 0 aliphatic heterocycles. The van der Waals surface area contributed by atoms with Crippen molar-refractivity contribution >= 4 is 17.7 Å². The number of hydrogen-bond donors (Lipinski definition) is 2. The summed E-state index contributed by atoms with van der Waals surface area (Å²) in [5, 5.41) is 8.73. The van der Waals surface area contributed by atoms with Crippen molar-refractivity contribution in [3.8, 4) is 0 Å². The molecule has 1 aromatic rings. The number of aliphatic carboxylic acids is 1. The Bertz CT molecular complexity index is 456. The molecule has 0 aliphatic rings. The number of carboxylic acid groups (broad SMARTS) is 1. The van der Waals surface area contributed by atoms with Crippen molar-refractivity contribution in [2.75, 3.05) is 0 Å². The molecule has 1 unspecified atom stereocenters. The molecule has 0 aliphatic carbocycles. The number of aromatic nitrogens is 2. The van der Waals surface area contributed by atoms with Crippen molar-refractivity contribution in [3.05, 3.63) is 22.1 Å². The largest absolute Gasteiger partial charge is 0.480 e. The minimum absolute atomic E-state index is 0.140. The number of carboxylic acids is 1. The summed E-state index contributed by atoms with van der Waals surface area (Å²) in [6.45, 7) is 5.66. The summed E-state index contributed by atoms with van der Waals surface area (Å²) < 4.78 is 0. The van der Waals surface area contributed by atoms with Gasteiger partial charge in [0.15, 0.2) is 5.16 Å². The molecule has 1 aromatic heterocycles. The molecule has 0 amide bonds. The zero-order chi connectivity index (χ0) is 13.0. The molecule has 0 spiro atoms. The van der Waals surface area contributed by atoms with Gasteiger partial charge >= 0.3 is 5.97 Å². The first-order chi connectivity index (χ1) is 7.93. The van der Waals surface area contributed by atoms with Crippen LogP contribution in [0.2, 0.25) is 0 Å². The van der Waals surface area contributed by atoms with E-state index in [2.05, 4.69) is 9.97 Å². The minimum atomic E-state index is -0.893. The summed E-state index contributed by atoms with van der Waals surface area (Å²) in [6, 6.07) is 1.44. The van der Waals surface area contributed by atoms with Gasteiger partial charge in [0.1, 0.15) is 5.25 Å². The van der Waals surface area contributed by atoms with E-state index in [9.17, 15) is 9.59 Å². The van der Waals surface area contributed by atoms with Crippen LogP contribution in [-0.4, -0.2) is 26.3 Å². The molecule has 1 rings (SSSR count). The van der Waals surface area contributed by atoms with Crippen LogP contribution in [0.4, 0.5) is 0 Å². The number of aromatic amines is 1. The van der Waals surface area contributed by atoms with E-state index < -0.39 is 11.2 Å². The Morgan fingerprint density at radius 3 is 2.71 bits per heavy atom. The topological polar surface area (TPSA) is 83.0 Å². The molecule has 0 saturated carbocycles. The quantitative estimate of drug-likeness (QED) is 0.620. The maximum atomic E-state index is 11.4. The van der Waals surface area contributed by atoms with Crippen LogP contribution in [0.1, 0.15) is 38.8 Å². The summed E-state index contributed by atoms with van der Waals surface area (Å²) in [5.74, 6) is -0.753. The predicted octanol–water partition coefficient (Wildman–Crippen LogP) is 1.85. The molecule has 0 fully saturated rings. The molecule has 0 bridgehead atoms. The molecular weight excluding hydrogens is 240 g/mol. The molecular formula is C11H16N2O3S. The number of thioether (sulfide) groups is 1. The van der Waals surface area contributed by atoms with E-state index in [-0.39, 0.29) is 11.5 Å². The first-order valence-electron chi connectivity index (χ1n) is 5.44. The van der Waals surface area contributed by atoms with Crippen LogP contribution >= 0.6 is 11.8 Å². The number of nitrogens with one attached hydrogen (secondary N) is 1. The van der Waals surface area contributed by atoms with Gasteiger partial charge in [-0.2, -0.15) is 0 Å². The van der Waals surface area contributed by atoms with E-state index >= 15 is 0 Å². The van der Waals surface area contributed by atoms with Gasteiger partial charge < -0.3 is 10.1 Å². The average molecular weight is 256 g/mol. The van der Waals surface area contributed by atoms with Crippen LogP contribution in [0, 0.1) is 0 Å². The third-order valence-electron chi connectivity index (χ3n) is 2.23. The summed E-state index contributed by atoms with van der Waals surface area (Å²) in [4.78, 5) is 29.1. The molecule has 94 valence electrons. The Hall–Kier alpha value is -1.30. The summed E-state index contributed by atoms with van der Waals surface area (Å²) in [5.41, 5.74) is 0.433. The fraction of sp³-hybridized carbons (Fsp3) is 0.545. The van der Waals surface area contributed by atoms with Crippen LogP contribution in [0.5, 0.6) is 0 Å². The Morgan fingerprint density at radius 2 is 2.24 bits per heavy atom. The van der Waals surface area contributed by atoms with Crippen LogP contribution in [-0.2, 0) is 4.79 Å². The van der Waals surface area contributed by atoms with Gasteiger partial charge in [0.25, 0.3) is 5.56 Å². The van der Waals surface area contributed by atoms with Crippen LogP contribution in [0.15, 0.2) is 16.0 Å². The molecule has 6 heteroatoms. The van der Waals surface area contributed by atoms with Crippen molar-refractivity contribution in [2.45, 2.75) is 43.5 Å². The summed E-state index contributed by atoms with van der Waals surface area (Å²) >= 11 is 1.08. The Morgan fingerprint density at radius 1 is 1.59 bits per heavy atom. The van der Waals surface area contributed by atoms with Crippen LogP contribution in [0.25, 0.3) is 0 Å². The lowest BCUT2D eigenvalue weighted by molar-refractivity contribution is -0.136. The highest BCUT2D eigenvalue weighted by molar-refractivity contribution is 8.00. The first-order valence-corrected chi connectivity index (χ1v) is 6.32. The van der Waals surface area contributed by atoms with Gasteiger partial charge in [-0.05, 0) is 12.3 Å². The predicted molar refractivity (Wildman–Crippen MR) is 66.5 cm³/mol. The SMILES string of the molecule is CCC(Sc1nc(C(C)C)cc(=O)[nH]1)C(=O)O. The number of rotatable bonds is 5. The summed E-state index contributed by atoms with van der Waals surface area (Å²) in [7, 11) is 0. The molecule has 2 N–H and O–H groups in total. The van der Waals surface area contributed by atoms with Gasteiger partial charge in [0.2, 0.25) is 0 Å². The van der Waals surface area contributed by atoms with E-state index in [0.29, 0.717) is 17.3 Å².